The number of esters is 1. The van der Waals surface area contributed by atoms with Crippen LogP contribution in [0.3, 0.4) is 0 Å². The Morgan fingerprint density at radius 1 is 0.833 bits per heavy atom. The first-order valence-electron chi connectivity index (χ1n) is 15.5. The lowest BCUT2D eigenvalue weighted by Crippen LogP contribution is -2.53. The van der Waals surface area contributed by atoms with Crippen molar-refractivity contribution in [2.45, 2.75) is 18.0 Å². The average molecular weight is 637 g/mol. The van der Waals surface area contributed by atoms with Gasteiger partial charge in [0.25, 0.3) is 5.56 Å². The molecule has 48 heavy (non-hydrogen) atoms. The topological polar surface area (TPSA) is 113 Å². The summed E-state index contributed by atoms with van der Waals surface area (Å²) in [6.07, 6.45) is 6.57. The summed E-state index contributed by atoms with van der Waals surface area (Å²) in [6.45, 7) is 0. The number of methoxy groups -OCH3 is 1. The monoisotopic (exact) mass is 636 g/mol. The molecule has 10 nitrogen and oxygen atoms in total. The SMILES string of the molecule is COC(=O)[C@H](Cc1ccc(-n2c(=O)c3ccncc3n(C)c2=O)c2nccn12)NC(c1ccccc1)(c1ccccc1)c1ccccc1. The Bertz CT molecular complexity index is 2270. The highest BCUT2D eigenvalue weighted by atomic mass is 16.5. The van der Waals surface area contributed by atoms with Crippen LogP contribution < -0.4 is 16.6 Å². The van der Waals surface area contributed by atoms with E-state index in [0.717, 1.165) is 21.3 Å². The minimum atomic E-state index is -0.934. The predicted octanol–water partition coefficient (Wildman–Crippen LogP) is 4.40. The molecule has 0 aliphatic rings. The second kappa shape index (κ2) is 12.6. The molecule has 1 atom stereocenters. The Morgan fingerprint density at radius 2 is 1.44 bits per heavy atom. The van der Waals surface area contributed by atoms with Gasteiger partial charge in [-0.05, 0) is 34.9 Å². The molecule has 0 bridgehead atoms. The minimum absolute atomic E-state index is 0.199. The van der Waals surface area contributed by atoms with Crippen molar-refractivity contribution in [3.8, 4) is 5.69 Å². The zero-order chi connectivity index (χ0) is 33.3. The van der Waals surface area contributed by atoms with Gasteiger partial charge in [-0.2, -0.15) is 0 Å². The van der Waals surface area contributed by atoms with Gasteiger partial charge in [0.2, 0.25) is 0 Å². The van der Waals surface area contributed by atoms with Crippen molar-refractivity contribution in [2.24, 2.45) is 7.05 Å². The third kappa shape index (κ3) is 5.08. The molecule has 0 aliphatic heterocycles. The van der Waals surface area contributed by atoms with Crippen LogP contribution in [0.4, 0.5) is 0 Å². The quantitative estimate of drug-likeness (QED) is 0.185. The van der Waals surface area contributed by atoms with E-state index in [-0.39, 0.29) is 6.42 Å². The van der Waals surface area contributed by atoms with Crippen molar-refractivity contribution < 1.29 is 9.53 Å². The fraction of sp³-hybridized carbons (Fsp3) is 0.132. The van der Waals surface area contributed by atoms with E-state index in [0.29, 0.717) is 27.9 Å². The van der Waals surface area contributed by atoms with Crippen LogP contribution in [0, 0.1) is 0 Å². The van der Waals surface area contributed by atoms with E-state index in [1.807, 2.05) is 91.0 Å². The number of aryl methyl sites for hydroxylation is 1. The Hall–Kier alpha value is -6.13. The molecule has 1 N–H and O–H groups in total. The highest BCUT2D eigenvalue weighted by Crippen LogP contribution is 2.37. The summed E-state index contributed by atoms with van der Waals surface area (Å²) in [6, 6.07) is 34.3. The van der Waals surface area contributed by atoms with E-state index in [1.165, 1.54) is 24.1 Å². The molecule has 0 amide bonds. The smallest absolute Gasteiger partial charge is 0.336 e. The number of pyridine rings is 2. The molecule has 7 rings (SSSR count). The van der Waals surface area contributed by atoms with Crippen LogP contribution in [0.5, 0.6) is 0 Å². The van der Waals surface area contributed by atoms with Crippen molar-refractivity contribution in [1.29, 1.82) is 0 Å². The van der Waals surface area contributed by atoms with Crippen molar-refractivity contribution in [1.82, 2.24) is 28.8 Å². The number of nitrogens with one attached hydrogen (secondary N) is 1. The molecular weight excluding hydrogens is 604 g/mol. The second-order valence-electron chi connectivity index (χ2n) is 11.5. The summed E-state index contributed by atoms with van der Waals surface area (Å²) >= 11 is 0. The summed E-state index contributed by atoms with van der Waals surface area (Å²) in [5.41, 5.74) is 2.77. The van der Waals surface area contributed by atoms with Gasteiger partial charge in [-0.1, -0.05) is 91.0 Å². The minimum Gasteiger partial charge on any atom is -0.468 e. The van der Waals surface area contributed by atoms with Gasteiger partial charge in [0.15, 0.2) is 5.65 Å². The van der Waals surface area contributed by atoms with Crippen molar-refractivity contribution in [3.05, 3.63) is 177 Å². The molecule has 0 saturated carbocycles. The molecule has 0 fully saturated rings. The summed E-state index contributed by atoms with van der Waals surface area (Å²) in [4.78, 5) is 49.5. The third-order valence-corrected chi connectivity index (χ3v) is 8.84. The molecule has 3 aromatic carbocycles. The Balaban J connectivity index is 1.38. The highest BCUT2D eigenvalue weighted by molar-refractivity contribution is 5.78. The lowest BCUT2D eigenvalue weighted by atomic mass is 9.76. The maximum Gasteiger partial charge on any atom is 0.336 e. The van der Waals surface area contributed by atoms with Crippen molar-refractivity contribution in [2.75, 3.05) is 7.11 Å². The molecule has 0 spiro atoms. The number of carbonyl (C=O) groups is 1. The van der Waals surface area contributed by atoms with Crippen LogP contribution in [0.25, 0.3) is 22.2 Å². The molecule has 10 heteroatoms. The van der Waals surface area contributed by atoms with E-state index < -0.39 is 28.8 Å². The van der Waals surface area contributed by atoms with Gasteiger partial charge in [0.05, 0.1) is 35.4 Å². The van der Waals surface area contributed by atoms with Crippen LogP contribution in [0.15, 0.2) is 144 Å². The number of hydrogen-bond acceptors (Lipinski definition) is 7. The predicted molar refractivity (Wildman–Crippen MR) is 183 cm³/mol. The molecule has 0 saturated heterocycles. The van der Waals surface area contributed by atoms with E-state index in [1.54, 1.807) is 42.0 Å². The van der Waals surface area contributed by atoms with Crippen LogP contribution in [0.2, 0.25) is 0 Å². The molecule has 7 aromatic rings. The maximum atomic E-state index is 13.7. The summed E-state index contributed by atoms with van der Waals surface area (Å²) in [7, 11) is 2.98. The maximum absolute atomic E-state index is 13.7. The van der Waals surface area contributed by atoms with Gasteiger partial charge < -0.3 is 9.14 Å². The Morgan fingerprint density at radius 3 is 2.02 bits per heavy atom. The van der Waals surface area contributed by atoms with Gasteiger partial charge in [-0.3, -0.25) is 24.5 Å². The fourth-order valence-electron chi connectivity index (χ4n) is 6.52. The van der Waals surface area contributed by atoms with E-state index in [2.05, 4.69) is 15.3 Å². The van der Waals surface area contributed by atoms with Crippen LogP contribution in [-0.4, -0.2) is 42.6 Å². The van der Waals surface area contributed by atoms with Crippen LogP contribution in [-0.2, 0) is 28.5 Å². The first kappa shape index (κ1) is 30.5. The number of ether oxygens (including phenoxy) is 1. The van der Waals surface area contributed by atoms with E-state index in [9.17, 15) is 14.4 Å². The van der Waals surface area contributed by atoms with Crippen molar-refractivity contribution >= 4 is 22.5 Å². The van der Waals surface area contributed by atoms with E-state index in [4.69, 9.17) is 4.74 Å². The number of imidazole rings is 1. The van der Waals surface area contributed by atoms with Crippen molar-refractivity contribution in [3.63, 3.8) is 0 Å². The van der Waals surface area contributed by atoms with Gasteiger partial charge in [-0.25, -0.2) is 14.3 Å². The van der Waals surface area contributed by atoms with Gasteiger partial charge in [0, 0.05) is 37.8 Å². The van der Waals surface area contributed by atoms with Crippen LogP contribution in [0.1, 0.15) is 22.4 Å². The third-order valence-electron chi connectivity index (χ3n) is 8.84. The lowest BCUT2D eigenvalue weighted by molar-refractivity contribution is -0.143. The number of nitrogens with zero attached hydrogens (tertiary/aromatic N) is 5. The molecule has 0 aliphatic carbocycles. The summed E-state index contributed by atoms with van der Waals surface area (Å²) in [5, 5.41) is 4.10. The number of fused-ring (bicyclic) bond motifs is 2. The number of carbonyl (C=O) groups excluding carboxylic acids is 1. The summed E-state index contributed by atoms with van der Waals surface area (Å²) < 4.78 is 9.70. The first-order valence-corrected chi connectivity index (χ1v) is 15.5. The lowest BCUT2D eigenvalue weighted by Gasteiger charge is -2.39. The zero-order valence-electron chi connectivity index (χ0n) is 26.4. The highest BCUT2D eigenvalue weighted by Gasteiger charge is 2.40. The standard InChI is InChI=1S/C38H32N6O4/c1-42-33-25-39-21-20-30(33)35(45)44(37(42)47)32-19-18-29(43-23-22-40-34(32)43)24-31(36(46)48-2)41-38(26-12-6-3-7-13-26,27-14-8-4-9-15-27)28-16-10-5-11-17-28/h3-23,25,31,41H,24H2,1-2H3/t31-/m0/s1. The van der Waals surface area contributed by atoms with Gasteiger partial charge in [0.1, 0.15) is 6.04 Å². The molecular formula is C38H32N6O4. The Labute approximate surface area is 275 Å². The molecule has 238 valence electrons. The average Bonchev–Trinajstić information content (AvgIpc) is 3.65. The number of rotatable bonds is 9. The molecule has 4 aromatic heterocycles. The van der Waals surface area contributed by atoms with Crippen LogP contribution >= 0.6 is 0 Å². The number of benzene rings is 3. The summed E-state index contributed by atoms with van der Waals surface area (Å²) in [5.74, 6) is -0.451. The zero-order valence-corrected chi connectivity index (χ0v) is 26.4. The van der Waals surface area contributed by atoms with Gasteiger partial charge >= 0.3 is 11.7 Å². The molecule has 0 unspecified atom stereocenters. The molecule has 0 radical (unpaired) electrons. The fourth-order valence-corrected chi connectivity index (χ4v) is 6.52. The van der Waals surface area contributed by atoms with E-state index >= 15 is 0 Å². The van der Waals surface area contributed by atoms with Gasteiger partial charge in [-0.15, -0.1) is 0 Å². The Kier molecular flexibility index (Phi) is 8.00. The first-order chi connectivity index (χ1) is 23.4. The second-order valence-corrected chi connectivity index (χ2v) is 11.5. The number of aromatic nitrogens is 5. The largest absolute Gasteiger partial charge is 0.468 e. The molecule has 4 heterocycles. The number of hydrogen-bond donors (Lipinski definition) is 1. The normalized spacial score (nSPS) is 12.3.